The highest BCUT2D eigenvalue weighted by Gasteiger charge is 2.34. The van der Waals surface area contributed by atoms with E-state index in [4.69, 9.17) is 4.74 Å². The molecule has 2 aliphatic heterocycles. The fourth-order valence-electron chi connectivity index (χ4n) is 3.65. The number of hydrogen-bond acceptors (Lipinski definition) is 5. The lowest BCUT2D eigenvalue weighted by molar-refractivity contribution is -0.142. The summed E-state index contributed by atoms with van der Waals surface area (Å²) in [5, 5.41) is 4.15. The van der Waals surface area contributed by atoms with Gasteiger partial charge >= 0.3 is 0 Å². The van der Waals surface area contributed by atoms with Crippen LogP contribution in [0.15, 0.2) is 18.9 Å². The molecule has 24 heavy (non-hydrogen) atoms. The third-order valence-electron chi connectivity index (χ3n) is 5.02. The third kappa shape index (κ3) is 2.71. The Morgan fingerprint density at radius 1 is 1.33 bits per heavy atom. The van der Waals surface area contributed by atoms with E-state index in [1.807, 2.05) is 11.1 Å². The van der Waals surface area contributed by atoms with Gasteiger partial charge in [0, 0.05) is 32.2 Å². The molecule has 2 aromatic rings. The fraction of sp³-hybridized carbons (Fsp3) is 0.625. The number of imidazole rings is 1. The number of hydrogen-bond donors (Lipinski definition) is 0. The van der Waals surface area contributed by atoms with Crippen molar-refractivity contribution in [1.29, 1.82) is 0 Å². The molecule has 4 heterocycles. The Kier molecular flexibility index (Phi) is 4.05. The molecule has 0 N–H and O–H groups in total. The number of carbonyl (C=O) groups excluding carboxylic acids is 1. The van der Waals surface area contributed by atoms with Gasteiger partial charge in [0.1, 0.15) is 18.5 Å². The van der Waals surface area contributed by atoms with Crippen LogP contribution in [0.2, 0.25) is 0 Å². The molecule has 1 amide bonds. The lowest BCUT2D eigenvalue weighted by Crippen LogP contribution is -2.45. The summed E-state index contributed by atoms with van der Waals surface area (Å²) in [4.78, 5) is 23.4. The summed E-state index contributed by atoms with van der Waals surface area (Å²) in [6.07, 6.45) is 6.77. The summed E-state index contributed by atoms with van der Waals surface area (Å²) >= 11 is 0. The van der Waals surface area contributed by atoms with Crippen molar-refractivity contribution in [2.24, 2.45) is 5.92 Å². The van der Waals surface area contributed by atoms with Crippen LogP contribution in [-0.2, 0) is 22.6 Å². The van der Waals surface area contributed by atoms with Crippen molar-refractivity contribution >= 4 is 5.91 Å². The summed E-state index contributed by atoms with van der Waals surface area (Å²) in [7, 11) is 0. The average molecular weight is 330 g/mol. The second kappa shape index (κ2) is 6.35. The molecule has 1 fully saturated rings. The zero-order valence-corrected chi connectivity index (χ0v) is 13.8. The molecule has 0 bridgehead atoms. The molecule has 0 spiro atoms. The molecule has 1 atom stereocenters. The first kappa shape index (κ1) is 15.3. The summed E-state index contributed by atoms with van der Waals surface area (Å²) in [5.74, 6) is 1.30. The van der Waals surface area contributed by atoms with Crippen LogP contribution >= 0.6 is 0 Å². The lowest BCUT2D eigenvalue weighted by Gasteiger charge is -2.37. The molecule has 0 aliphatic carbocycles. The minimum Gasteiger partial charge on any atom is -0.381 e. The van der Waals surface area contributed by atoms with E-state index >= 15 is 0 Å². The first-order valence-corrected chi connectivity index (χ1v) is 8.49. The van der Waals surface area contributed by atoms with Crippen molar-refractivity contribution in [2.75, 3.05) is 19.8 Å². The zero-order chi connectivity index (χ0) is 16.5. The van der Waals surface area contributed by atoms with Crippen LogP contribution in [0.3, 0.4) is 0 Å². The highest BCUT2D eigenvalue weighted by Crippen LogP contribution is 2.29. The summed E-state index contributed by atoms with van der Waals surface area (Å²) in [6, 6.07) is -0.00130. The normalized spacial score (nSPS) is 21.7. The first-order valence-electron chi connectivity index (χ1n) is 8.49. The van der Waals surface area contributed by atoms with Gasteiger partial charge in [-0.2, -0.15) is 5.10 Å². The van der Waals surface area contributed by atoms with Crippen LogP contribution in [0.5, 0.6) is 0 Å². The van der Waals surface area contributed by atoms with Crippen molar-refractivity contribution in [2.45, 2.75) is 38.9 Å². The molecule has 0 saturated carbocycles. The van der Waals surface area contributed by atoms with Gasteiger partial charge in [-0.3, -0.25) is 4.79 Å². The molecule has 128 valence electrons. The summed E-state index contributed by atoms with van der Waals surface area (Å²) in [5.41, 5.74) is 1.10. The number of amides is 1. The largest absolute Gasteiger partial charge is 0.381 e. The number of aromatic nitrogens is 5. The van der Waals surface area contributed by atoms with Gasteiger partial charge in [-0.25, -0.2) is 14.6 Å². The van der Waals surface area contributed by atoms with Gasteiger partial charge in [0.15, 0.2) is 0 Å². The Bertz CT molecular complexity index is 704. The van der Waals surface area contributed by atoms with E-state index in [2.05, 4.69) is 26.6 Å². The average Bonchev–Trinajstić information content (AvgIpc) is 3.27. The second-order valence-electron chi connectivity index (χ2n) is 6.45. The smallest absolute Gasteiger partial charge is 0.226 e. The molecule has 0 radical (unpaired) electrons. The van der Waals surface area contributed by atoms with Crippen LogP contribution in [0, 0.1) is 5.92 Å². The summed E-state index contributed by atoms with van der Waals surface area (Å²) < 4.78 is 9.37. The fourth-order valence-corrected chi connectivity index (χ4v) is 3.65. The molecule has 8 nitrogen and oxygen atoms in total. The van der Waals surface area contributed by atoms with Gasteiger partial charge in [0.05, 0.1) is 24.5 Å². The number of rotatable bonds is 3. The third-order valence-corrected chi connectivity index (χ3v) is 5.02. The Balaban J connectivity index is 1.51. The molecule has 1 saturated heterocycles. The number of ether oxygens (including phenoxy) is 1. The van der Waals surface area contributed by atoms with Crippen LogP contribution in [0.4, 0.5) is 0 Å². The zero-order valence-electron chi connectivity index (χ0n) is 13.8. The highest BCUT2D eigenvalue weighted by molar-refractivity contribution is 5.79. The van der Waals surface area contributed by atoms with Crippen molar-refractivity contribution in [1.82, 2.24) is 29.2 Å². The van der Waals surface area contributed by atoms with Crippen molar-refractivity contribution < 1.29 is 9.53 Å². The van der Waals surface area contributed by atoms with Crippen LogP contribution < -0.4 is 0 Å². The van der Waals surface area contributed by atoms with Crippen molar-refractivity contribution in [3.8, 4) is 0 Å². The Morgan fingerprint density at radius 2 is 2.17 bits per heavy atom. The van der Waals surface area contributed by atoms with E-state index in [1.165, 1.54) is 6.33 Å². The molecular weight excluding hydrogens is 308 g/mol. The van der Waals surface area contributed by atoms with Crippen LogP contribution in [0.1, 0.15) is 37.3 Å². The number of nitrogens with zero attached hydrogens (tertiary/aromatic N) is 6. The van der Waals surface area contributed by atoms with E-state index in [1.54, 1.807) is 11.0 Å². The van der Waals surface area contributed by atoms with Gasteiger partial charge in [0.2, 0.25) is 5.91 Å². The molecular formula is C16H22N6O2. The Labute approximate surface area is 140 Å². The van der Waals surface area contributed by atoms with Gasteiger partial charge < -0.3 is 14.2 Å². The minimum atomic E-state index is -0.00130. The monoisotopic (exact) mass is 330 g/mol. The standard InChI is InChI=1S/C16H22N6O2/c1-12-15-18-8-14(9-20-11-17-10-19-20)22(15)5-4-21(12)16(23)13-2-6-24-7-3-13/h8,10-13H,2-7,9H2,1H3/t12-/m0/s1. The van der Waals surface area contributed by atoms with E-state index in [-0.39, 0.29) is 17.9 Å². The lowest BCUT2D eigenvalue weighted by atomic mass is 9.97. The maximum Gasteiger partial charge on any atom is 0.226 e. The minimum absolute atomic E-state index is 0.00130. The van der Waals surface area contributed by atoms with E-state index < -0.39 is 0 Å². The Hall–Kier alpha value is -2.22. The van der Waals surface area contributed by atoms with Gasteiger partial charge in [-0.05, 0) is 19.8 Å². The molecule has 8 heteroatoms. The predicted molar refractivity (Wildman–Crippen MR) is 85.0 cm³/mol. The Morgan fingerprint density at radius 3 is 2.92 bits per heavy atom. The maximum absolute atomic E-state index is 12.8. The topological polar surface area (TPSA) is 78.1 Å². The van der Waals surface area contributed by atoms with Crippen molar-refractivity contribution in [3.05, 3.63) is 30.4 Å². The van der Waals surface area contributed by atoms with E-state index in [0.717, 1.165) is 37.4 Å². The molecule has 0 aromatic carbocycles. The quantitative estimate of drug-likeness (QED) is 0.834. The van der Waals surface area contributed by atoms with Crippen molar-refractivity contribution in [3.63, 3.8) is 0 Å². The first-order chi connectivity index (χ1) is 11.7. The number of carbonyl (C=O) groups is 1. The van der Waals surface area contributed by atoms with Crippen LogP contribution in [-0.4, -0.2) is 54.9 Å². The highest BCUT2D eigenvalue weighted by atomic mass is 16.5. The molecule has 0 unspecified atom stereocenters. The SMILES string of the molecule is C[C@H]1c2ncc(Cn3cncn3)n2CCN1C(=O)C1CCOCC1. The maximum atomic E-state index is 12.8. The van der Waals surface area contributed by atoms with Gasteiger partial charge in [-0.15, -0.1) is 0 Å². The van der Waals surface area contributed by atoms with Gasteiger partial charge in [-0.1, -0.05) is 0 Å². The molecule has 2 aliphatic rings. The molecule has 2 aromatic heterocycles. The predicted octanol–water partition coefficient (Wildman–Crippen LogP) is 0.853. The second-order valence-corrected chi connectivity index (χ2v) is 6.45. The summed E-state index contributed by atoms with van der Waals surface area (Å²) in [6.45, 7) is 5.59. The molecule has 4 rings (SSSR count). The van der Waals surface area contributed by atoms with E-state index in [9.17, 15) is 4.79 Å². The van der Waals surface area contributed by atoms with Gasteiger partial charge in [0.25, 0.3) is 0 Å². The number of fused-ring (bicyclic) bond motifs is 1. The van der Waals surface area contributed by atoms with E-state index in [0.29, 0.717) is 19.8 Å². The van der Waals surface area contributed by atoms with Crippen LogP contribution in [0.25, 0.3) is 0 Å².